The van der Waals surface area contributed by atoms with Crippen LogP contribution in [0.5, 0.6) is 0 Å². The van der Waals surface area contributed by atoms with Gasteiger partial charge in [-0.2, -0.15) is 0 Å². The van der Waals surface area contributed by atoms with Crippen molar-refractivity contribution in [3.63, 3.8) is 0 Å². The second kappa shape index (κ2) is 10.9. The maximum absolute atomic E-state index is 13.4. The van der Waals surface area contributed by atoms with E-state index in [1.54, 1.807) is 18.2 Å². The first-order chi connectivity index (χ1) is 17.5. The molecular formula is C29H29Cl2N3O2. The number of piperidine rings is 1. The Bertz CT molecular complexity index is 1270. The van der Waals surface area contributed by atoms with Crippen LogP contribution in [0.15, 0.2) is 66.7 Å². The Hall–Kier alpha value is -3.02. The van der Waals surface area contributed by atoms with E-state index in [1.807, 2.05) is 30.3 Å². The topological polar surface area (TPSA) is 61.4 Å². The van der Waals surface area contributed by atoms with E-state index in [0.29, 0.717) is 21.2 Å². The molecule has 0 saturated carbocycles. The normalized spacial score (nSPS) is 17.8. The minimum Gasteiger partial charge on any atom is -0.371 e. The second-order valence-electron chi connectivity index (χ2n) is 9.49. The molecule has 3 aromatic rings. The standard InChI is InChI=1S/C29H29Cl2N3O2/c30-20-12-13-23(25(31)18-20)28(35)32-21-14-16-34(17-15-21)27-11-4-3-9-24(27)29(36)33-26-10-5-7-19-6-1-2-8-22(19)26/h1-4,6,8-9,11-13,18,21,26H,5,7,10,14-17H2,(H,32,35)(H,33,36). The number of rotatable bonds is 5. The monoisotopic (exact) mass is 521 g/mol. The van der Waals surface area contributed by atoms with E-state index >= 15 is 0 Å². The van der Waals surface area contributed by atoms with Gasteiger partial charge in [-0.15, -0.1) is 0 Å². The molecule has 1 unspecified atom stereocenters. The number of fused-ring (bicyclic) bond motifs is 1. The number of carbonyl (C=O) groups is 2. The van der Waals surface area contributed by atoms with Crippen LogP contribution in [0.1, 0.15) is 63.6 Å². The smallest absolute Gasteiger partial charge is 0.253 e. The van der Waals surface area contributed by atoms with Gasteiger partial charge in [-0.05, 0) is 73.6 Å². The fraction of sp³-hybridized carbons (Fsp3) is 0.310. The second-order valence-corrected chi connectivity index (χ2v) is 10.3. The number of carbonyl (C=O) groups excluding carboxylic acids is 2. The minimum absolute atomic E-state index is 0.0381. The Labute approximate surface area is 221 Å². The van der Waals surface area contributed by atoms with Crippen LogP contribution in [-0.4, -0.2) is 30.9 Å². The fourth-order valence-corrected chi connectivity index (χ4v) is 5.78. The number of amides is 2. The maximum atomic E-state index is 13.4. The number of hydrogen-bond acceptors (Lipinski definition) is 3. The van der Waals surface area contributed by atoms with Crippen LogP contribution in [0.2, 0.25) is 10.0 Å². The highest BCUT2D eigenvalue weighted by Gasteiger charge is 2.27. The quantitative estimate of drug-likeness (QED) is 0.420. The lowest BCUT2D eigenvalue weighted by Crippen LogP contribution is -2.45. The molecule has 7 heteroatoms. The summed E-state index contributed by atoms with van der Waals surface area (Å²) in [6.45, 7) is 1.49. The summed E-state index contributed by atoms with van der Waals surface area (Å²) in [5.41, 5.74) is 4.61. The third kappa shape index (κ3) is 5.37. The van der Waals surface area contributed by atoms with Crippen molar-refractivity contribution in [3.8, 4) is 0 Å². The first kappa shape index (κ1) is 24.7. The summed E-state index contributed by atoms with van der Waals surface area (Å²) in [7, 11) is 0. The predicted octanol–water partition coefficient (Wildman–Crippen LogP) is 6.20. The number of benzene rings is 3. The zero-order valence-electron chi connectivity index (χ0n) is 20.0. The summed E-state index contributed by atoms with van der Waals surface area (Å²) >= 11 is 12.1. The van der Waals surface area contributed by atoms with Gasteiger partial charge in [-0.1, -0.05) is 59.6 Å². The molecule has 2 aliphatic rings. The molecule has 1 aliphatic carbocycles. The van der Waals surface area contributed by atoms with Crippen molar-refractivity contribution < 1.29 is 9.59 Å². The molecule has 5 nitrogen and oxygen atoms in total. The Morgan fingerprint density at radius 2 is 1.53 bits per heavy atom. The van der Waals surface area contributed by atoms with E-state index < -0.39 is 0 Å². The molecule has 2 N–H and O–H groups in total. The van der Waals surface area contributed by atoms with Crippen LogP contribution < -0.4 is 15.5 Å². The van der Waals surface area contributed by atoms with Crippen molar-refractivity contribution in [1.29, 1.82) is 0 Å². The summed E-state index contributed by atoms with van der Waals surface area (Å²) in [4.78, 5) is 28.3. The molecule has 0 radical (unpaired) electrons. The van der Waals surface area contributed by atoms with E-state index in [0.717, 1.165) is 50.9 Å². The van der Waals surface area contributed by atoms with Crippen LogP contribution in [-0.2, 0) is 6.42 Å². The van der Waals surface area contributed by atoms with E-state index in [9.17, 15) is 9.59 Å². The molecule has 1 heterocycles. The Morgan fingerprint density at radius 3 is 2.33 bits per heavy atom. The van der Waals surface area contributed by atoms with Crippen LogP contribution in [0.3, 0.4) is 0 Å². The third-order valence-electron chi connectivity index (χ3n) is 7.17. The average molecular weight is 522 g/mol. The van der Waals surface area contributed by atoms with Gasteiger partial charge < -0.3 is 15.5 Å². The van der Waals surface area contributed by atoms with Gasteiger partial charge in [0.2, 0.25) is 0 Å². The molecule has 186 valence electrons. The number of hydrogen-bond donors (Lipinski definition) is 2. The SMILES string of the molecule is O=C(NC1CCN(c2ccccc2C(=O)NC2CCCc3ccccc32)CC1)c1ccc(Cl)cc1Cl. The highest BCUT2D eigenvalue weighted by atomic mass is 35.5. The van der Waals surface area contributed by atoms with Gasteiger partial charge in [-0.25, -0.2) is 0 Å². The number of anilines is 1. The summed E-state index contributed by atoms with van der Waals surface area (Å²) in [5.74, 6) is -0.234. The molecule has 36 heavy (non-hydrogen) atoms. The lowest BCUT2D eigenvalue weighted by Gasteiger charge is -2.35. The summed E-state index contributed by atoms with van der Waals surface area (Å²) in [5, 5.41) is 7.23. The summed E-state index contributed by atoms with van der Waals surface area (Å²) in [6, 6.07) is 21.2. The predicted molar refractivity (Wildman–Crippen MR) is 145 cm³/mol. The first-order valence-corrected chi connectivity index (χ1v) is 13.2. The number of aryl methyl sites for hydroxylation is 1. The summed E-state index contributed by atoms with van der Waals surface area (Å²) < 4.78 is 0. The molecule has 0 spiro atoms. The van der Waals surface area contributed by atoms with E-state index in [-0.39, 0.29) is 23.9 Å². The lowest BCUT2D eigenvalue weighted by atomic mass is 9.87. The average Bonchev–Trinajstić information content (AvgIpc) is 2.89. The third-order valence-corrected chi connectivity index (χ3v) is 7.72. The molecular weight excluding hydrogens is 493 g/mol. The van der Waals surface area contributed by atoms with Gasteiger partial charge in [0.1, 0.15) is 0 Å². The first-order valence-electron chi connectivity index (χ1n) is 12.5. The van der Waals surface area contributed by atoms with Crippen molar-refractivity contribution in [1.82, 2.24) is 10.6 Å². The molecule has 1 saturated heterocycles. The molecule has 1 fully saturated rings. The van der Waals surface area contributed by atoms with E-state index in [1.165, 1.54) is 11.1 Å². The molecule has 2 amide bonds. The zero-order chi connectivity index (χ0) is 25.1. The molecule has 3 aromatic carbocycles. The van der Waals surface area contributed by atoms with Crippen molar-refractivity contribution in [2.24, 2.45) is 0 Å². The van der Waals surface area contributed by atoms with Crippen LogP contribution >= 0.6 is 23.2 Å². The highest BCUT2D eigenvalue weighted by Crippen LogP contribution is 2.31. The Balaban J connectivity index is 1.23. The van der Waals surface area contributed by atoms with Crippen molar-refractivity contribution in [2.45, 2.75) is 44.2 Å². The van der Waals surface area contributed by atoms with Crippen LogP contribution in [0.4, 0.5) is 5.69 Å². The number of para-hydroxylation sites is 1. The molecule has 1 aliphatic heterocycles. The van der Waals surface area contributed by atoms with E-state index in [2.05, 4.69) is 33.7 Å². The maximum Gasteiger partial charge on any atom is 0.253 e. The fourth-order valence-electron chi connectivity index (χ4n) is 5.28. The van der Waals surface area contributed by atoms with Crippen molar-refractivity contribution >= 4 is 40.7 Å². The number of nitrogens with zero attached hydrogens (tertiary/aromatic N) is 1. The van der Waals surface area contributed by atoms with Gasteiger partial charge in [0.05, 0.1) is 22.2 Å². The molecule has 1 atom stereocenters. The Kier molecular flexibility index (Phi) is 7.49. The van der Waals surface area contributed by atoms with Gasteiger partial charge in [0.25, 0.3) is 11.8 Å². The van der Waals surface area contributed by atoms with Gasteiger partial charge in [0.15, 0.2) is 0 Å². The van der Waals surface area contributed by atoms with Crippen molar-refractivity contribution in [2.75, 3.05) is 18.0 Å². The number of nitrogens with one attached hydrogen (secondary N) is 2. The molecule has 0 bridgehead atoms. The zero-order valence-corrected chi connectivity index (χ0v) is 21.5. The van der Waals surface area contributed by atoms with Crippen LogP contribution in [0.25, 0.3) is 0 Å². The van der Waals surface area contributed by atoms with E-state index in [4.69, 9.17) is 23.2 Å². The minimum atomic E-state index is -0.192. The van der Waals surface area contributed by atoms with Gasteiger partial charge >= 0.3 is 0 Å². The summed E-state index contributed by atoms with van der Waals surface area (Å²) in [6.07, 6.45) is 4.65. The highest BCUT2D eigenvalue weighted by molar-refractivity contribution is 6.36. The van der Waals surface area contributed by atoms with Crippen molar-refractivity contribution in [3.05, 3.63) is 99.0 Å². The molecule has 0 aromatic heterocycles. The molecule has 5 rings (SSSR count). The lowest BCUT2D eigenvalue weighted by molar-refractivity contribution is 0.0926. The van der Waals surface area contributed by atoms with Gasteiger partial charge in [-0.3, -0.25) is 9.59 Å². The van der Waals surface area contributed by atoms with Gasteiger partial charge in [0, 0.05) is 29.8 Å². The largest absolute Gasteiger partial charge is 0.371 e. The van der Waals surface area contributed by atoms with Crippen LogP contribution in [0, 0.1) is 0 Å². The number of halogens is 2. The Morgan fingerprint density at radius 1 is 0.806 bits per heavy atom.